The Labute approximate surface area is 116 Å². The van der Waals surface area contributed by atoms with Crippen molar-refractivity contribution in [3.8, 4) is 6.07 Å². The van der Waals surface area contributed by atoms with E-state index in [4.69, 9.17) is 0 Å². The molecule has 0 fully saturated rings. The van der Waals surface area contributed by atoms with Gasteiger partial charge in [0.25, 0.3) is 0 Å². The molecule has 20 heavy (non-hydrogen) atoms. The molecular formula is C16H12N4. The fourth-order valence-corrected chi connectivity index (χ4v) is 2.16. The van der Waals surface area contributed by atoms with Crippen molar-refractivity contribution in [2.75, 3.05) is 0 Å². The first-order valence-electron chi connectivity index (χ1n) is 6.23. The molecule has 2 heterocycles. The van der Waals surface area contributed by atoms with Gasteiger partial charge in [-0.15, -0.1) is 0 Å². The number of nitrogens with zero attached hydrogens (tertiary/aromatic N) is 4. The molecule has 0 amide bonds. The molecule has 4 heteroatoms. The first kappa shape index (κ1) is 12.1. The van der Waals surface area contributed by atoms with Gasteiger partial charge in [0.1, 0.15) is 6.07 Å². The lowest BCUT2D eigenvalue weighted by Crippen LogP contribution is -1.96. The van der Waals surface area contributed by atoms with E-state index in [0.717, 1.165) is 16.6 Å². The van der Waals surface area contributed by atoms with E-state index in [0.29, 0.717) is 11.4 Å². The lowest BCUT2D eigenvalue weighted by atomic mass is 10.2. The predicted molar refractivity (Wildman–Crippen MR) is 78.4 cm³/mol. The van der Waals surface area contributed by atoms with Crippen LogP contribution in [0.25, 0.3) is 22.7 Å². The summed E-state index contributed by atoms with van der Waals surface area (Å²) in [5.41, 5.74) is 3.31. The molecule has 0 unspecified atom stereocenters. The third-order valence-electron chi connectivity index (χ3n) is 3.14. The number of fused-ring (bicyclic) bond motifs is 1. The second-order valence-electron chi connectivity index (χ2n) is 4.44. The summed E-state index contributed by atoms with van der Waals surface area (Å²) in [5.74, 6) is 0.664. The number of pyridine rings is 1. The van der Waals surface area contributed by atoms with E-state index in [9.17, 15) is 5.26 Å². The van der Waals surface area contributed by atoms with Crippen LogP contribution in [0.3, 0.4) is 0 Å². The smallest absolute Gasteiger partial charge is 0.151 e. The van der Waals surface area contributed by atoms with Gasteiger partial charge < -0.3 is 4.57 Å². The second-order valence-corrected chi connectivity index (χ2v) is 4.44. The minimum Gasteiger partial charge on any atom is -0.327 e. The Morgan fingerprint density at radius 3 is 2.80 bits per heavy atom. The molecule has 0 atom stereocenters. The van der Waals surface area contributed by atoms with Crippen molar-refractivity contribution in [2.45, 2.75) is 0 Å². The number of hydrogen-bond donors (Lipinski definition) is 0. The summed E-state index contributed by atoms with van der Waals surface area (Å²) in [6.07, 6.45) is 5.23. The summed E-state index contributed by atoms with van der Waals surface area (Å²) in [6, 6.07) is 13.8. The van der Waals surface area contributed by atoms with Crippen LogP contribution in [-0.2, 0) is 7.05 Å². The summed E-state index contributed by atoms with van der Waals surface area (Å²) < 4.78 is 1.93. The third-order valence-corrected chi connectivity index (χ3v) is 3.14. The van der Waals surface area contributed by atoms with E-state index in [1.165, 1.54) is 0 Å². The van der Waals surface area contributed by atoms with Crippen LogP contribution in [0, 0.1) is 11.3 Å². The van der Waals surface area contributed by atoms with Crippen LogP contribution >= 0.6 is 0 Å². The highest BCUT2D eigenvalue weighted by molar-refractivity contribution is 5.90. The average molecular weight is 260 g/mol. The Morgan fingerprint density at radius 2 is 2.10 bits per heavy atom. The van der Waals surface area contributed by atoms with Gasteiger partial charge in [-0.1, -0.05) is 18.2 Å². The highest BCUT2D eigenvalue weighted by Gasteiger charge is 2.11. The zero-order chi connectivity index (χ0) is 13.9. The predicted octanol–water partition coefficient (Wildman–Crippen LogP) is 3.03. The summed E-state index contributed by atoms with van der Waals surface area (Å²) in [6.45, 7) is 0. The first-order chi connectivity index (χ1) is 9.79. The van der Waals surface area contributed by atoms with Crippen molar-refractivity contribution in [1.29, 1.82) is 5.26 Å². The number of aromatic nitrogens is 3. The van der Waals surface area contributed by atoms with Gasteiger partial charge in [0.15, 0.2) is 5.82 Å². The van der Waals surface area contributed by atoms with Crippen LogP contribution in [0.5, 0.6) is 0 Å². The molecule has 0 N–H and O–H groups in total. The number of hydrogen-bond acceptors (Lipinski definition) is 3. The molecule has 0 spiro atoms. The maximum atomic E-state index is 9.40. The fraction of sp³-hybridized carbons (Fsp3) is 0.0625. The lowest BCUT2D eigenvalue weighted by Gasteiger charge is -2.00. The van der Waals surface area contributed by atoms with Crippen LogP contribution in [-0.4, -0.2) is 14.5 Å². The number of benzene rings is 1. The molecule has 4 nitrogen and oxygen atoms in total. The van der Waals surface area contributed by atoms with Gasteiger partial charge in [-0.25, -0.2) is 4.98 Å². The Balaban J connectivity index is 2.16. The molecule has 1 aromatic carbocycles. The highest BCUT2D eigenvalue weighted by atomic mass is 15.1. The monoisotopic (exact) mass is 260 g/mol. The topological polar surface area (TPSA) is 54.5 Å². The number of allylic oxidation sites excluding steroid dienone is 1. The molecule has 96 valence electrons. The van der Waals surface area contributed by atoms with Crippen molar-refractivity contribution >= 4 is 22.7 Å². The van der Waals surface area contributed by atoms with Gasteiger partial charge in [0.2, 0.25) is 0 Å². The van der Waals surface area contributed by atoms with Crippen molar-refractivity contribution in [3.05, 3.63) is 60.2 Å². The van der Waals surface area contributed by atoms with Gasteiger partial charge in [-0.2, -0.15) is 5.26 Å². The molecule has 3 rings (SSSR count). The summed E-state index contributed by atoms with van der Waals surface area (Å²) in [7, 11) is 1.92. The fourth-order valence-electron chi connectivity index (χ4n) is 2.16. The summed E-state index contributed by atoms with van der Waals surface area (Å²) >= 11 is 0. The zero-order valence-electron chi connectivity index (χ0n) is 11.0. The van der Waals surface area contributed by atoms with E-state index >= 15 is 0 Å². The van der Waals surface area contributed by atoms with Gasteiger partial charge >= 0.3 is 0 Å². The maximum absolute atomic E-state index is 9.40. The molecule has 0 aliphatic heterocycles. The molecule has 3 aromatic rings. The molecule has 0 saturated heterocycles. The van der Waals surface area contributed by atoms with Gasteiger partial charge in [0.05, 0.1) is 16.6 Å². The molecular weight excluding hydrogens is 248 g/mol. The zero-order valence-corrected chi connectivity index (χ0v) is 11.0. The Kier molecular flexibility index (Phi) is 3.02. The number of rotatable bonds is 2. The van der Waals surface area contributed by atoms with E-state index in [1.807, 2.05) is 48.0 Å². The maximum Gasteiger partial charge on any atom is 0.151 e. The number of nitriles is 1. The molecule has 0 saturated carbocycles. The largest absolute Gasteiger partial charge is 0.327 e. The summed E-state index contributed by atoms with van der Waals surface area (Å²) in [5, 5.41) is 9.40. The van der Waals surface area contributed by atoms with Crippen LogP contribution in [0.15, 0.2) is 48.8 Å². The van der Waals surface area contributed by atoms with Crippen LogP contribution in [0.2, 0.25) is 0 Å². The number of imidazole rings is 1. The second kappa shape index (κ2) is 4.98. The average Bonchev–Trinajstić information content (AvgIpc) is 2.83. The minimum absolute atomic E-state index is 0.525. The molecule has 2 aromatic heterocycles. The number of aryl methyl sites for hydroxylation is 1. The van der Waals surface area contributed by atoms with Gasteiger partial charge in [-0.05, 0) is 29.8 Å². The molecule has 0 bridgehead atoms. The van der Waals surface area contributed by atoms with E-state index in [2.05, 4.69) is 16.0 Å². The quantitative estimate of drug-likeness (QED) is 0.665. The van der Waals surface area contributed by atoms with E-state index < -0.39 is 0 Å². The van der Waals surface area contributed by atoms with Crippen molar-refractivity contribution in [1.82, 2.24) is 14.5 Å². The van der Waals surface area contributed by atoms with Crippen molar-refractivity contribution in [3.63, 3.8) is 0 Å². The summed E-state index contributed by atoms with van der Waals surface area (Å²) in [4.78, 5) is 8.58. The highest BCUT2D eigenvalue weighted by Crippen LogP contribution is 2.21. The van der Waals surface area contributed by atoms with Crippen molar-refractivity contribution in [2.24, 2.45) is 7.05 Å². The van der Waals surface area contributed by atoms with E-state index in [-0.39, 0.29) is 0 Å². The van der Waals surface area contributed by atoms with Crippen LogP contribution < -0.4 is 0 Å². The van der Waals surface area contributed by atoms with Crippen LogP contribution in [0.1, 0.15) is 11.4 Å². The normalized spacial score (nSPS) is 11.5. The third kappa shape index (κ3) is 2.06. The first-order valence-corrected chi connectivity index (χ1v) is 6.23. The van der Waals surface area contributed by atoms with Gasteiger partial charge in [0, 0.05) is 19.4 Å². The molecule has 0 radical (unpaired) electrons. The number of para-hydroxylation sites is 2. The Bertz CT molecular complexity index is 823. The Hall–Kier alpha value is -2.93. The Morgan fingerprint density at radius 1 is 1.25 bits per heavy atom. The SMILES string of the molecule is Cn1c(C(C#N)=Cc2cccnc2)nc2ccccc21. The minimum atomic E-state index is 0.525. The van der Waals surface area contributed by atoms with Gasteiger partial charge in [-0.3, -0.25) is 4.98 Å². The molecule has 0 aliphatic carbocycles. The van der Waals surface area contributed by atoms with Crippen LogP contribution in [0.4, 0.5) is 0 Å². The van der Waals surface area contributed by atoms with Crippen molar-refractivity contribution < 1.29 is 0 Å². The standard InChI is InChI=1S/C16H12N4/c1-20-15-7-3-2-6-14(15)19-16(20)13(10-17)9-12-5-4-8-18-11-12/h2-9,11H,1H3. The molecule has 0 aliphatic rings. The lowest BCUT2D eigenvalue weighted by molar-refractivity contribution is 0.925. The van der Waals surface area contributed by atoms with E-state index in [1.54, 1.807) is 18.5 Å².